The first kappa shape index (κ1) is 28.1. The molecule has 0 N–H and O–H groups in total. The Morgan fingerprint density at radius 3 is 0.773 bits per heavy atom. The van der Waals surface area contributed by atoms with Gasteiger partial charge in [-0.25, -0.2) is 0 Å². The van der Waals surface area contributed by atoms with Crippen molar-refractivity contribution >= 4 is 27.5 Å². The summed E-state index contributed by atoms with van der Waals surface area (Å²) < 4.78 is 1.04. The van der Waals surface area contributed by atoms with Gasteiger partial charge in [0.05, 0.1) is 0 Å². The summed E-state index contributed by atoms with van der Waals surface area (Å²) in [6, 6.07) is 60.2. The topological polar surface area (TPSA) is 0 Å². The van der Waals surface area contributed by atoms with Crippen LogP contribution < -0.4 is 0 Å². The molecule has 7 aromatic carbocycles. The molecular formula is C42H28BrCl. The fourth-order valence-corrected chi connectivity index (χ4v) is 6.52. The zero-order valence-corrected chi connectivity index (χ0v) is 26.3. The molecule has 0 bridgehead atoms. The maximum Gasteiger partial charge on any atom is 0.0406 e. The van der Waals surface area contributed by atoms with E-state index in [1.807, 2.05) is 12.1 Å². The van der Waals surface area contributed by atoms with Gasteiger partial charge >= 0.3 is 0 Å². The van der Waals surface area contributed by atoms with Crippen LogP contribution in [-0.4, -0.2) is 0 Å². The summed E-state index contributed by atoms with van der Waals surface area (Å²) >= 11 is 10.2. The molecule has 210 valence electrons. The smallest absolute Gasteiger partial charge is 0.0406 e. The average Bonchev–Trinajstić information content (AvgIpc) is 3.09. The van der Waals surface area contributed by atoms with E-state index >= 15 is 0 Å². The van der Waals surface area contributed by atoms with Gasteiger partial charge < -0.3 is 0 Å². The van der Waals surface area contributed by atoms with Gasteiger partial charge in [0.15, 0.2) is 0 Å². The van der Waals surface area contributed by atoms with Crippen LogP contribution in [0.5, 0.6) is 0 Å². The van der Waals surface area contributed by atoms with Gasteiger partial charge in [0.1, 0.15) is 0 Å². The van der Waals surface area contributed by atoms with Crippen molar-refractivity contribution in [3.05, 3.63) is 179 Å². The summed E-state index contributed by atoms with van der Waals surface area (Å²) in [5, 5.41) is 0.715. The Hall–Kier alpha value is -4.69. The molecule has 7 rings (SSSR count). The van der Waals surface area contributed by atoms with Crippen LogP contribution in [0.2, 0.25) is 5.02 Å². The first-order chi connectivity index (χ1) is 21.7. The molecule has 0 atom stereocenters. The third-order valence-electron chi connectivity index (χ3n) is 8.02. The van der Waals surface area contributed by atoms with Crippen LogP contribution >= 0.6 is 27.5 Å². The minimum atomic E-state index is 0.715. The Morgan fingerprint density at radius 2 is 0.500 bits per heavy atom. The monoisotopic (exact) mass is 646 g/mol. The lowest BCUT2D eigenvalue weighted by atomic mass is 9.74. The zero-order valence-electron chi connectivity index (χ0n) is 23.9. The molecule has 0 aliphatic heterocycles. The lowest BCUT2D eigenvalue weighted by Gasteiger charge is -2.28. The third kappa shape index (κ3) is 5.42. The highest BCUT2D eigenvalue weighted by Gasteiger charge is 2.28. The van der Waals surface area contributed by atoms with Crippen molar-refractivity contribution in [3.63, 3.8) is 0 Å². The van der Waals surface area contributed by atoms with E-state index in [0.717, 1.165) is 26.7 Å². The SMILES string of the molecule is Clc1ccc(-c2c(-c3ccccc3)c(-c3ccccc3)c(-c3ccccc3)c(-c3ccccc3)c2-c2ccc(Br)cc2)cc1. The normalized spacial score (nSPS) is 11.0. The van der Waals surface area contributed by atoms with Crippen molar-refractivity contribution < 1.29 is 0 Å². The fourth-order valence-electron chi connectivity index (χ4n) is 6.13. The molecule has 0 saturated heterocycles. The van der Waals surface area contributed by atoms with Gasteiger partial charge in [0, 0.05) is 9.50 Å². The average molecular weight is 648 g/mol. The molecule has 0 fully saturated rings. The van der Waals surface area contributed by atoms with E-state index in [4.69, 9.17) is 11.6 Å². The van der Waals surface area contributed by atoms with Crippen LogP contribution in [0.3, 0.4) is 0 Å². The molecule has 7 aromatic rings. The molecule has 0 radical (unpaired) electrons. The van der Waals surface area contributed by atoms with E-state index in [2.05, 4.69) is 174 Å². The van der Waals surface area contributed by atoms with E-state index in [1.54, 1.807) is 0 Å². The molecule has 0 aromatic heterocycles. The molecule has 0 saturated carbocycles. The fraction of sp³-hybridized carbons (Fsp3) is 0. The standard InChI is InChI=1S/C42H28BrCl/c43-35-25-21-33(22-26-35)41-39(31-17-9-3-10-18-31)37(29-13-5-1-6-14-29)38(30-15-7-2-8-16-30)40(32-19-11-4-12-20-32)42(41)34-23-27-36(44)28-24-34/h1-28H. The van der Waals surface area contributed by atoms with Crippen LogP contribution in [0.1, 0.15) is 0 Å². The predicted molar refractivity (Wildman–Crippen MR) is 192 cm³/mol. The number of hydrogen-bond donors (Lipinski definition) is 0. The van der Waals surface area contributed by atoms with E-state index < -0.39 is 0 Å². The van der Waals surface area contributed by atoms with Crippen molar-refractivity contribution in [3.8, 4) is 66.8 Å². The molecule has 0 aliphatic carbocycles. The summed E-state index contributed by atoms with van der Waals surface area (Å²) in [6.45, 7) is 0. The number of hydrogen-bond acceptors (Lipinski definition) is 0. The van der Waals surface area contributed by atoms with Gasteiger partial charge in [0.25, 0.3) is 0 Å². The van der Waals surface area contributed by atoms with Gasteiger partial charge in [0.2, 0.25) is 0 Å². The summed E-state index contributed by atoms with van der Waals surface area (Å²) in [5.41, 5.74) is 14.1. The predicted octanol–water partition coefficient (Wildman–Crippen LogP) is 13.1. The van der Waals surface area contributed by atoms with E-state index in [1.165, 1.54) is 44.5 Å². The van der Waals surface area contributed by atoms with Crippen LogP contribution in [0.25, 0.3) is 66.8 Å². The minimum absolute atomic E-state index is 0.715. The second-order valence-electron chi connectivity index (χ2n) is 10.7. The van der Waals surface area contributed by atoms with Crippen molar-refractivity contribution in [1.29, 1.82) is 0 Å². The Kier molecular flexibility index (Phi) is 7.99. The van der Waals surface area contributed by atoms with Crippen molar-refractivity contribution in [2.24, 2.45) is 0 Å². The van der Waals surface area contributed by atoms with Gasteiger partial charge in [-0.05, 0) is 91.0 Å². The largest absolute Gasteiger partial charge is 0.0843 e. The lowest BCUT2D eigenvalue weighted by Crippen LogP contribution is -2.02. The minimum Gasteiger partial charge on any atom is -0.0843 e. The molecule has 0 unspecified atom stereocenters. The Bertz CT molecular complexity index is 1870. The summed E-state index contributed by atoms with van der Waals surface area (Å²) in [4.78, 5) is 0. The molecule has 0 spiro atoms. The molecule has 2 heteroatoms. The second kappa shape index (κ2) is 12.5. The van der Waals surface area contributed by atoms with Crippen LogP contribution in [-0.2, 0) is 0 Å². The first-order valence-corrected chi connectivity index (χ1v) is 15.8. The quantitative estimate of drug-likeness (QED) is 0.168. The van der Waals surface area contributed by atoms with E-state index in [0.29, 0.717) is 5.02 Å². The molecule has 0 nitrogen and oxygen atoms in total. The molecule has 44 heavy (non-hydrogen) atoms. The summed E-state index contributed by atoms with van der Waals surface area (Å²) in [7, 11) is 0. The number of rotatable bonds is 6. The van der Waals surface area contributed by atoms with E-state index in [-0.39, 0.29) is 0 Å². The summed E-state index contributed by atoms with van der Waals surface area (Å²) in [5.74, 6) is 0. The van der Waals surface area contributed by atoms with Gasteiger partial charge in [-0.15, -0.1) is 0 Å². The maximum absolute atomic E-state index is 6.48. The first-order valence-electron chi connectivity index (χ1n) is 14.7. The molecule has 0 heterocycles. The van der Waals surface area contributed by atoms with Gasteiger partial charge in [-0.1, -0.05) is 173 Å². The van der Waals surface area contributed by atoms with Crippen molar-refractivity contribution in [1.82, 2.24) is 0 Å². The molecular weight excluding hydrogens is 620 g/mol. The van der Waals surface area contributed by atoms with Gasteiger partial charge in [-0.2, -0.15) is 0 Å². The van der Waals surface area contributed by atoms with Gasteiger partial charge in [-0.3, -0.25) is 0 Å². The molecule has 0 aliphatic rings. The molecule has 0 amide bonds. The second-order valence-corrected chi connectivity index (χ2v) is 12.1. The zero-order chi connectivity index (χ0) is 29.9. The summed E-state index contributed by atoms with van der Waals surface area (Å²) in [6.07, 6.45) is 0. The highest BCUT2D eigenvalue weighted by molar-refractivity contribution is 9.10. The van der Waals surface area contributed by atoms with Crippen molar-refractivity contribution in [2.75, 3.05) is 0 Å². The Balaban J connectivity index is 1.81. The highest BCUT2D eigenvalue weighted by Crippen LogP contribution is 2.55. The van der Waals surface area contributed by atoms with E-state index in [9.17, 15) is 0 Å². The lowest BCUT2D eigenvalue weighted by molar-refractivity contribution is 1.51. The Morgan fingerprint density at radius 1 is 0.273 bits per heavy atom. The number of halogens is 2. The highest BCUT2D eigenvalue weighted by atomic mass is 79.9. The van der Waals surface area contributed by atoms with Crippen LogP contribution in [0.15, 0.2) is 174 Å². The van der Waals surface area contributed by atoms with Crippen molar-refractivity contribution in [2.45, 2.75) is 0 Å². The van der Waals surface area contributed by atoms with Crippen LogP contribution in [0.4, 0.5) is 0 Å². The maximum atomic E-state index is 6.48. The van der Waals surface area contributed by atoms with Crippen LogP contribution in [0, 0.1) is 0 Å². The number of benzene rings is 7. The third-order valence-corrected chi connectivity index (χ3v) is 8.80. The Labute approximate surface area is 272 Å².